The van der Waals surface area contributed by atoms with Gasteiger partial charge in [-0.1, -0.05) is 23.4 Å². The second-order valence-corrected chi connectivity index (χ2v) is 4.21. The minimum Gasteiger partial charge on any atom is -0.334 e. The number of aromatic nitrogens is 3. The van der Waals surface area contributed by atoms with Crippen molar-refractivity contribution in [3.63, 3.8) is 0 Å². The van der Waals surface area contributed by atoms with Gasteiger partial charge in [0.1, 0.15) is 0 Å². The molecule has 0 atom stereocenters. The molecule has 0 saturated heterocycles. The second-order valence-electron chi connectivity index (χ2n) is 4.21. The SMILES string of the molecule is FC(F)(F)c1ccncc1-c1noc(-c2ccccc2)n1. The fourth-order valence-electron chi connectivity index (χ4n) is 1.85. The van der Waals surface area contributed by atoms with Crippen LogP contribution in [0.25, 0.3) is 22.8 Å². The van der Waals surface area contributed by atoms with Gasteiger partial charge in [-0.2, -0.15) is 18.2 Å². The summed E-state index contributed by atoms with van der Waals surface area (Å²) in [6.07, 6.45) is -2.36. The predicted octanol–water partition coefficient (Wildman–Crippen LogP) is 3.82. The van der Waals surface area contributed by atoms with E-state index < -0.39 is 11.7 Å². The van der Waals surface area contributed by atoms with Crippen LogP contribution in [0.1, 0.15) is 5.56 Å². The molecule has 106 valence electrons. The molecular formula is C14H8F3N3O. The van der Waals surface area contributed by atoms with Crippen LogP contribution in [-0.2, 0) is 6.18 Å². The van der Waals surface area contributed by atoms with Gasteiger partial charge in [0.15, 0.2) is 0 Å². The van der Waals surface area contributed by atoms with Crippen molar-refractivity contribution >= 4 is 0 Å². The van der Waals surface area contributed by atoms with Crippen molar-refractivity contribution in [3.8, 4) is 22.8 Å². The van der Waals surface area contributed by atoms with E-state index in [0.717, 1.165) is 18.5 Å². The number of nitrogens with zero attached hydrogens (tertiary/aromatic N) is 3. The average molecular weight is 291 g/mol. The molecule has 0 aliphatic rings. The van der Waals surface area contributed by atoms with E-state index >= 15 is 0 Å². The van der Waals surface area contributed by atoms with Gasteiger partial charge in [0.25, 0.3) is 5.89 Å². The van der Waals surface area contributed by atoms with Crippen molar-refractivity contribution in [2.45, 2.75) is 6.18 Å². The zero-order valence-corrected chi connectivity index (χ0v) is 10.5. The standard InChI is InChI=1S/C14H8F3N3O/c15-14(16,17)11-6-7-18-8-10(11)12-19-13(21-20-12)9-4-2-1-3-5-9/h1-8H. The summed E-state index contributed by atoms with van der Waals surface area (Å²) in [7, 11) is 0. The van der Waals surface area contributed by atoms with Crippen molar-refractivity contribution in [3.05, 3.63) is 54.4 Å². The Kier molecular flexibility index (Phi) is 3.17. The molecule has 2 heterocycles. The highest BCUT2D eigenvalue weighted by atomic mass is 19.4. The Morgan fingerprint density at radius 1 is 1.00 bits per heavy atom. The lowest BCUT2D eigenvalue weighted by atomic mass is 10.1. The largest absolute Gasteiger partial charge is 0.417 e. The van der Waals surface area contributed by atoms with Crippen molar-refractivity contribution in [1.82, 2.24) is 15.1 Å². The molecule has 3 aromatic rings. The molecule has 21 heavy (non-hydrogen) atoms. The van der Waals surface area contributed by atoms with Gasteiger partial charge in [0.05, 0.1) is 11.1 Å². The zero-order valence-electron chi connectivity index (χ0n) is 10.5. The lowest BCUT2D eigenvalue weighted by molar-refractivity contribution is -0.137. The van der Waals surface area contributed by atoms with E-state index in [2.05, 4.69) is 15.1 Å². The molecule has 0 bridgehead atoms. The zero-order chi connectivity index (χ0) is 14.9. The number of alkyl halides is 3. The smallest absolute Gasteiger partial charge is 0.334 e. The molecule has 0 N–H and O–H groups in total. The molecule has 0 radical (unpaired) electrons. The summed E-state index contributed by atoms with van der Waals surface area (Å²) >= 11 is 0. The van der Waals surface area contributed by atoms with Gasteiger partial charge >= 0.3 is 6.18 Å². The Bertz CT molecular complexity index is 753. The van der Waals surface area contributed by atoms with Crippen LogP contribution in [0.5, 0.6) is 0 Å². The molecule has 7 heteroatoms. The second kappa shape index (κ2) is 5.01. The van der Waals surface area contributed by atoms with Crippen molar-refractivity contribution in [1.29, 1.82) is 0 Å². The molecule has 0 amide bonds. The fourth-order valence-corrected chi connectivity index (χ4v) is 1.85. The quantitative estimate of drug-likeness (QED) is 0.720. The molecule has 0 unspecified atom stereocenters. The van der Waals surface area contributed by atoms with E-state index in [4.69, 9.17) is 4.52 Å². The Morgan fingerprint density at radius 3 is 2.48 bits per heavy atom. The van der Waals surface area contributed by atoms with E-state index in [1.165, 1.54) is 0 Å². The van der Waals surface area contributed by atoms with Crippen LogP contribution in [0.3, 0.4) is 0 Å². The summed E-state index contributed by atoms with van der Waals surface area (Å²) in [6, 6.07) is 9.68. The van der Waals surface area contributed by atoms with Gasteiger partial charge in [-0.15, -0.1) is 0 Å². The van der Waals surface area contributed by atoms with Crippen LogP contribution in [-0.4, -0.2) is 15.1 Å². The normalized spacial score (nSPS) is 11.6. The van der Waals surface area contributed by atoms with Gasteiger partial charge in [-0.25, -0.2) is 0 Å². The predicted molar refractivity (Wildman–Crippen MR) is 68.0 cm³/mol. The van der Waals surface area contributed by atoms with Crippen LogP contribution in [0.4, 0.5) is 13.2 Å². The van der Waals surface area contributed by atoms with E-state index in [1.54, 1.807) is 24.3 Å². The van der Waals surface area contributed by atoms with Crippen molar-refractivity contribution in [2.24, 2.45) is 0 Å². The number of halogens is 3. The van der Waals surface area contributed by atoms with E-state index in [0.29, 0.717) is 5.56 Å². The third-order valence-corrected chi connectivity index (χ3v) is 2.81. The monoisotopic (exact) mass is 291 g/mol. The molecule has 4 nitrogen and oxygen atoms in total. The summed E-state index contributed by atoms with van der Waals surface area (Å²) in [5.74, 6) is 0.0110. The van der Waals surface area contributed by atoms with E-state index in [-0.39, 0.29) is 17.3 Å². The number of hydrogen-bond acceptors (Lipinski definition) is 4. The van der Waals surface area contributed by atoms with Crippen LogP contribution in [0.15, 0.2) is 53.3 Å². The Balaban J connectivity index is 2.06. The summed E-state index contributed by atoms with van der Waals surface area (Å²) < 4.78 is 43.9. The van der Waals surface area contributed by atoms with E-state index in [9.17, 15) is 13.2 Å². The highest BCUT2D eigenvalue weighted by Gasteiger charge is 2.34. The topological polar surface area (TPSA) is 51.8 Å². The van der Waals surface area contributed by atoms with Crippen LogP contribution >= 0.6 is 0 Å². The maximum absolute atomic E-state index is 12.9. The van der Waals surface area contributed by atoms with Gasteiger partial charge in [-0.3, -0.25) is 4.98 Å². The molecule has 0 fully saturated rings. The van der Waals surface area contributed by atoms with Crippen LogP contribution < -0.4 is 0 Å². The number of rotatable bonds is 2. The maximum atomic E-state index is 12.9. The third-order valence-electron chi connectivity index (χ3n) is 2.81. The first-order chi connectivity index (χ1) is 10.1. The van der Waals surface area contributed by atoms with Crippen LogP contribution in [0, 0.1) is 0 Å². The van der Waals surface area contributed by atoms with Gasteiger partial charge in [-0.05, 0) is 18.2 Å². The van der Waals surface area contributed by atoms with Crippen LogP contribution in [0.2, 0.25) is 0 Å². The molecule has 0 aliphatic carbocycles. The average Bonchev–Trinajstić information content (AvgIpc) is 2.97. The van der Waals surface area contributed by atoms with Crippen molar-refractivity contribution in [2.75, 3.05) is 0 Å². The minimum atomic E-state index is -4.51. The molecule has 0 saturated carbocycles. The van der Waals surface area contributed by atoms with E-state index in [1.807, 2.05) is 6.07 Å². The molecule has 2 aromatic heterocycles. The van der Waals surface area contributed by atoms with Crippen molar-refractivity contribution < 1.29 is 17.7 Å². The number of benzene rings is 1. The molecule has 3 rings (SSSR count). The first-order valence-corrected chi connectivity index (χ1v) is 5.96. The number of hydrogen-bond donors (Lipinski definition) is 0. The Labute approximate surface area is 117 Å². The molecule has 0 aliphatic heterocycles. The lowest BCUT2D eigenvalue weighted by Gasteiger charge is -2.08. The number of pyridine rings is 1. The third kappa shape index (κ3) is 2.62. The Hall–Kier alpha value is -2.70. The first-order valence-electron chi connectivity index (χ1n) is 5.96. The van der Waals surface area contributed by atoms with Gasteiger partial charge < -0.3 is 4.52 Å². The molecule has 0 spiro atoms. The van der Waals surface area contributed by atoms with Gasteiger partial charge in [0, 0.05) is 18.0 Å². The van der Waals surface area contributed by atoms with Gasteiger partial charge in [0.2, 0.25) is 5.82 Å². The highest BCUT2D eigenvalue weighted by Crippen LogP contribution is 2.35. The summed E-state index contributed by atoms with van der Waals surface area (Å²) in [5, 5.41) is 3.61. The summed E-state index contributed by atoms with van der Waals surface area (Å²) in [4.78, 5) is 7.70. The lowest BCUT2D eigenvalue weighted by Crippen LogP contribution is -2.07. The molecule has 1 aromatic carbocycles. The highest BCUT2D eigenvalue weighted by molar-refractivity contribution is 5.62. The maximum Gasteiger partial charge on any atom is 0.417 e. The minimum absolute atomic E-state index is 0.144. The summed E-state index contributed by atoms with van der Waals surface area (Å²) in [5.41, 5.74) is -0.428. The molecular weight excluding hydrogens is 283 g/mol. The Morgan fingerprint density at radius 2 is 1.76 bits per heavy atom. The summed E-state index contributed by atoms with van der Waals surface area (Å²) in [6.45, 7) is 0. The fraction of sp³-hybridized carbons (Fsp3) is 0.0714. The first kappa shape index (κ1) is 13.3.